The Morgan fingerprint density at radius 2 is 1.61 bits per heavy atom. The molecule has 2 aromatic carbocycles. The Bertz CT molecular complexity index is 1580. The number of nitrogens with one attached hydrogen (secondary N) is 1. The van der Waals surface area contributed by atoms with Gasteiger partial charge in [0.2, 0.25) is 0 Å². The summed E-state index contributed by atoms with van der Waals surface area (Å²) in [7, 11) is 1.59. The predicted molar refractivity (Wildman–Crippen MR) is 174 cm³/mol. The molecule has 2 aliphatic heterocycles. The van der Waals surface area contributed by atoms with Gasteiger partial charge in [0.1, 0.15) is 11.3 Å². The van der Waals surface area contributed by atoms with E-state index in [1.54, 1.807) is 13.2 Å². The molecule has 0 radical (unpaired) electrons. The molecule has 0 unspecified atom stereocenters. The van der Waals surface area contributed by atoms with Gasteiger partial charge in [-0.05, 0) is 124 Å². The molecule has 1 N–H and O–H groups in total. The minimum absolute atomic E-state index is 0.101. The molecule has 44 heavy (non-hydrogen) atoms. The highest BCUT2D eigenvalue weighted by molar-refractivity contribution is 6.39. The summed E-state index contributed by atoms with van der Waals surface area (Å²) in [6.07, 6.45) is 12.7. The van der Waals surface area contributed by atoms with Crippen LogP contribution in [0.3, 0.4) is 0 Å². The van der Waals surface area contributed by atoms with Crippen molar-refractivity contribution in [3.8, 4) is 5.75 Å². The van der Waals surface area contributed by atoms with Crippen molar-refractivity contribution < 1.29 is 19.1 Å². The summed E-state index contributed by atoms with van der Waals surface area (Å²) >= 11 is 0. The van der Waals surface area contributed by atoms with Gasteiger partial charge in [-0.15, -0.1) is 0 Å². The number of carbonyl (C=O) groups excluding carboxylic acids is 3. The highest BCUT2D eigenvalue weighted by Crippen LogP contribution is 2.60. The Morgan fingerprint density at radius 3 is 2.20 bits per heavy atom. The number of hydrogen-bond acceptors (Lipinski definition) is 5. The van der Waals surface area contributed by atoms with E-state index >= 15 is 0 Å². The second kappa shape index (κ2) is 10.4. The van der Waals surface area contributed by atoms with Crippen LogP contribution >= 0.6 is 0 Å². The van der Waals surface area contributed by atoms with Crippen LogP contribution in [0, 0.1) is 17.8 Å². The van der Waals surface area contributed by atoms with Gasteiger partial charge in [-0.3, -0.25) is 14.9 Å². The van der Waals surface area contributed by atoms with Gasteiger partial charge >= 0.3 is 6.03 Å². The number of anilines is 2. The number of imide groups is 2. The number of barbiturate groups is 1. The van der Waals surface area contributed by atoms with Gasteiger partial charge in [0.05, 0.1) is 18.3 Å². The maximum Gasteiger partial charge on any atom is 0.335 e. The number of fused-ring (bicyclic) bond motifs is 1. The van der Waals surface area contributed by atoms with Crippen LogP contribution in [-0.4, -0.2) is 37.0 Å². The molecule has 230 valence electrons. The number of benzene rings is 2. The third-order valence-electron chi connectivity index (χ3n) is 11.0. The fourth-order valence-corrected chi connectivity index (χ4v) is 9.52. The van der Waals surface area contributed by atoms with E-state index < -0.39 is 17.8 Å². The van der Waals surface area contributed by atoms with Crippen molar-refractivity contribution in [1.82, 2.24) is 5.32 Å². The summed E-state index contributed by atoms with van der Waals surface area (Å²) in [5.41, 5.74) is 5.57. The quantitative estimate of drug-likeness (QED) is 0.282. The molecule has 2 aromatic rings. The lowest BCUT2D eigenvalue weighted by molar-refractivity contribution is -0.122. The molecule has 4 bridgehead atoms. The number of ether oxygens (including phenoxy) is 1. The zero-order chi connectivity index (χ0) is 31.0. The lowest BCUT2D eigenvalue weighted by atomic mass is 9.48. The number of nitrogens with zero attached hydrogens (tertiary/aromatic N) is 2. The molecule has 0 spiro atoms. The van der Waals surface area contributed by atoms with Gasteiger partial charge in [-0.1, -0.05) is 25.1 Å². The van der Waals surface area contributed by atoms with Gasteiger partial charge < -0.3 is 9.64 Å². The molecule has 6 aliphatic rings. The first-order valence-corrected chi connectivity index (χ1v) is 16.2. The fourth-order valence-electron chi connectivity index (χ4n) is 9.52. The van der Waals surface area contributed by atoms with Gasteiger partial charge in [-0.2, -0.15) is 0 Å². The molecular formula is C37H43N3O4. The Morgan fingerprint density at radius 1 is 0.977 bits per heavy atom. The Labute approximate surface area is 260 Å². The predicted octanol–water partition coefficient (Wildman–Crippen LogP) is 7.24. The van der Waals surface area contributed by atoms with Crippen LogP contribution in [0.1, 0.15) is 89.3 Å². The average molecular weight is 594 g/mol. The van der Waals surface area contributed by atoms with Crippen molar-refractivity contribution in [2.45, 2.75) is 83.6 Å². The highest BCUT2D eigenvalue weighted by atomic mass is 16.5. The summed E-state index contributed by atoms with van der Waals surface area (Å²) in [5, 5.41) is 2.39. The van der Waals surface area contributed by atoms with Crippen LogP contribution in [-0.2, 0) is 15.0 Å². The van der Waals surface area contributed by atoms with Gasteiger partial charge in [-0.25, -0.2) is 9.69 Å². The summed E-state index contributed by atoms with van der Waals surface area (Å²) in [5.74, 6) is 1.71. The Balaban J connectivity index is 1.21. The maximum absolute atomic E-state index is 13.8. The molecule has 4 aliphatic carbocycles. The number of allylic oxidation sites excluding steroid dienone is 1. The molecule has 0 aromatic heterocycles. The number of methoxy groups -OCH3 is 1. The average Bonchev–Trinajstić information content (AvgIpc) is 2.96. The van der Waals surface area contributed by atoms with E-state index in [1.165, 1.54) is 44.1 Å². The van der Waals surface area contributed by atoms with Crippen molar-refractivity contribution >= 4 is 40.9 Å². The zero-order valence-electron chi connectivity index (χ0n) is 26.5. The van der Waals surface area contributed by atoms with E-state index in [9.17, 15) is 14.4 Å². The van der Waals surface area contributed by atoms with Crippen molar-refractivity contribution in [3.05, 3.63) is 64.7 Å². The maximum atomic E-state index is 13.8. The van der Waals surface area contributed by atoms with Crippen LogP contribution in [0.4, 0.5) is 16.2 Å². The second-order valence-corrected chi connectivity index (χ2v) is 14.4. The molecular weight excluding hydrogens is 550 g/mol. The number of carbonyl (C=O) groups is 3. The van der Waals surface area contributed by atoms with Crippen molar-refractivity contribution in [2.24, 2.45) is 17.8 Å². The van der Waals surface area contributed by atoms with Crippen molar-refractivity contribution in [1.29, 1.82) is 0 Å². The lowest BCUT2D eigenvalue weighted by Gasteiger charge is -2.57. The zero-order valence-corrected chi connectivity index (χ0v) is 26.5. The van der Waals surface area contributed by atoms with Crippen molar-refractivity contribution in [2.75, 3.05) is 23.5 Å². The number of amides is 4. The lowest BCUT2D eigenvalue weighted by Crippen LogP contribution is -2.54. The number of rotatable bonds is 6. The SMILES string of the molecule is CCCN1c2cc(OC)c(/C=C3/C(=O)NC(=O)N(c4ccc(C56CC7CC(CC(C7)C5)C6)cc4)C3=O)cc2C(C)=CC1(C)C. The van der Waals surface area contributed by atoms with Crippen LogP contribution in [0.25, 0.3) is 11.6 Å². The number of urea groups is 1. The molecule has 7 heteroatoms. The monoisotopic (exact) mass is 593 g/mol. The second-order valence-electron chi connectivity index (χ2n) is 14.4. The van der Waals surface area contributed by atoms with E-state index in [0.29, 0.717) is 17.0 Å². The molecule has 4 amide bonds. The summed E-state index contributed by atoms with van der Waals surface area (Å²) in [4.78, 5) is 43.4. The largest absolute Gasteiger partial charge is 0.496 e. The first-order chi connectivity index (χ1) is 21.0. The van der Waals surface area contributed by atoms with E-state index in [0.717, 1.165) is 52.4 Å². The van der Waals surface area contributed by atoms with E-state index in [-0.39, 0.29) is 16.5 Å². The number of hydrogen-bond donors (Lipinski definition) is 1. The van der Waals surface area contributed by atoms with Crippen LogP contribution in [0.5, 0.6) is 5.75 Å². The Hall–Kier alpha value is -3.87. The smallest absolute Gasteiger partial charge is 0.335 e. The van der Waals surface area contributed by atoms with Crippen LogP contribution in [0.2, 0.25) is 0 Å². The highest BCUT2D eigenvalue weighted by Gasteiger charge is 2.51. The van der Waals surface area contributed by atoms with Gasteiger partial charge in [0.15, 0.2) is 0 Å². The summed E-state index contributed by atoms with van der Waals surface area (Å²) in [6, 6.07) is 11.2. The molecule has 4 saturated carbocycles. The minimum atomic E-state index is -0.728. The molecule has 1 saturated heterocycles. The van der Waals surface area contributed by atoms with Crippen LogP contribution in [0.15, 0.2) is 48.0 Å². The Kier molecular flexibility index (Phi) is 6.79. The van der Waals surface area contributed by atoms with Gasteiger partial charge in [0, 0.05) is 29.4 Å². The minimum Gasteiger partial charge on any atom is -0.496 e. The van der Waals surface area contributed by atoms with E-state index in [4.69, 9.17) is 4.74 Å². The first-order valence-electron chi connectivity index (χ1n) is 16.2. The normalized spacial score (nSPS) is 29.6. The van der Waals surface area contributed by atoms with Crippen molar-refractivity contribution in [3.63, 3.8) is 0 Å². The standard InChI is InChI=1S/C37H43N3O4/c1-6-11-39-31-17-32(44-5)26(15-29(31)22(2)18-36(39,3)4)16-30-33(41)38-35(43)40(34(30)42)28-9-7-27(8-10-28)37-19-23-12-24(20-37)14-25(13-23)21-37/h7-10,15-18,23-25H,6,11-14,19-21H2,1-5H3,(H,38,41,43)/b30-16-. The molecule has 8 rings (SSSR count). The molecule has 7 nitrogen and oxygen atoms in total. The van der Waals surface area contributed by atoms with E-state index in [2.05, 4.69) is 56.1 Å². The van der Waals surface area contributed by atoms with Gasteiger partial charge in [0.25, 0.3) is 11.8 Å². The first kappa shape index (κ1) is 28.9. The summed E-state index contributed by atoms with van der Waals surface area (Å²) < 4.78 is 5.79. The van der Waals surface area contributed by atoms with Crippen LogP contribution < -0.4 is 19.9 Å². The third kappa shape index (κ3) is 4.58. The molecule has 2 heterocycles. The molecule has 0 atom stereocenters. The van der Waals surface area contributed by atoms with E-state index in [1.807, 2.05) is 24.3 Å². The summed E-state index contributed by atoms with van der Waals surface area (Å²) in [6.45, 7) is 9.52. The third-order valence-corrected chi connectivity index (χ3v) is 11.0. The molecule has 5 fully saturated rings. The topological polar surface area (TPSA) is 79.0 Å². The fraction of sp³-hybridized carbons (Fsp3) is 0.486.